The summed E-state index contributed by atoms with van der Waals surface area (Å²) in [6.07, 6.45) is 4.01. The molecule has 1 unspecified atom stereocenters. The third kappa shape index (κ3) is 5.47. The molecule has 0 bridgehead atoms. The number of rotatable bonds is 6. The zero-order valence-electron chi connectivity index (χ0n) is 17.1. The van der Waals surface area contributed by atoms with Gasteiger partial charge >= 0.3 is 0 Å². The summed E-state index contributed by atoms with van der Waals surface area (Å²) in [5.41, 5.74) is 1.20. The lowest BCUT2D eigenvalue weighted by Gasteiger charge is -2.37. The molecule has 0 spiro atoms. The number of aryl methyl sites for hydroxylation is 1. The minimum absolute atomic E-state index is 0.246. The van der Waals surface area contributed by atoms with Gasteiger partial charge in [0.2, 0.25) is 0 Å². The minimum Gasteiger partial charge on any atom is -0.354 e. The Hall–Kier alpha value is -1.61. The number of aromatic nitrogens is 2. The molecular formula is C19H30ClN7S. The van der Waals surface area contributed by atoms with Gasteiger partial charge in [-0.05, 0) is 26.2 Å². The van der Waals surface area contributed by atoms with Crippen LogP contribution in [0.4, 0.5) is 0 Å². The van der Waals surface area contributed by atoms with Crippen molar-refractivity contribution >= 4 is 28.9 Å². The molecule has 28 heavy (non-hydrogen) atoms. The lowest BCUT2D eigenvalue weighted by molar-refractivity contribution is 0.173. The molecule has 2 aromatic rings. The second-order valence-corrected chi connectivity index (χ2v) is 9.12. The van der Waals surface area contributed by atoms with E-state index in [4.69, 9.17) is 11.6 Å². The van der Waals surface area contributed by atoms with Crippen LogP contribution in [0.5, 0.6) is 0 Å². The van der Waals surface area contributed by atoms with Crippen LogP contribution in [-0.4, -0.2) is 84.3 Å². The van der Waals surface area contributed by atoms with Crippen molar-refractivity contribution in [1.29, 1.82) is 0 Å². The number of nitrogens with one attached hydrogen (secondary N) is 1. The van der Waals surface area contributed by atoms with E-state index in [1.54, 1.807) is 11.3 Å². The number of piperazine rings is 1. The second kappa shape index (κ2) is 9.73. The summed E-state index contributed by atoms with van der Waals surface area (Å²) in [5, 5.41) is 7.87. The van der Waals surface area contributed by atoms with Gasteiger partial charge in [0.1, 0.15) is 0 Å². The summed E-state index contributed by atoms with van der Waals surface area (Å²) >= 11 is 7.72. The molecule has 0 saturated carbocycles. The van der Waals surface area contributed by atoms with Gasteiger partial charge in [-0.15, -0.1) is 11.3 Å². The first-order valence-corrected chi connectivity index (χ1v) is 10.7. The van der Waals surface area contributed by atoms with E-state index in [-0.39, 0.29) is 6.04 Å². The van der Waals surface area contributed by atoms with Gasteiger partial charge in [-0.25, -0.2) is 0 Å². The maximum atomic E-state index is 6.05. The molecule has 1 saturated heterocycles. The summed E-state index contributed by atoms with van der Waals surface area (Å²) in [6.45, 7) is 5.75. The molecular weight excluding hydrogens is 394 g/mol. The van der Waals surface area contributed by atoms with Gasteiger partial charge in [0.15, 0.2) is 5.96 Å². The van der Waals surface area contributed by atoms with Crippen molar-refractivity contribution in [2.24, 2.45) is 12.0 Å². The molecule has 0 aromatic carbocycles. The van der Waals surface area contributed by atoms with E-state index in [1.807, 2.05) is 31.0 Å². The predicted octanol–water partition coefficient (Wildman–Crippen LogP) is 2.13. The van der Waals surface area contributed by atoms with Gasteiger partial charge in [-0.1, -0.05) is 11.6 Å². The number of nitrogens with zero attached hydrogens (tertiary/aromatic N) is 6. The maximum absolute atomic E-state index is 6.05. The van der Waals surface area contributed by atoms with E-state index in [0.29, 0.717) is 0 Å². The number of hydrogen-bond donors (Lipinski definition) is 1. The topological polar surface area (TPSA) is 51.9 Å². The van der Waals surface area contributed by atoms with Gasteiger partial charge in [0, 0.05) is 70.0 Å². The summed E-state index contributed by atoms with van der Waals surface area (Å²) < 4.78 is 2.71. The Morgan fingerprint density at radius 1 is 1.32 bits per heavy atom. The van der Waals surface area contributed by atoms with Crippen LogP contribution < -0.4 is 5.32 Å². The van der Waals surface area contributed by atoms with Crippen molar-refractivity contribution in [2.75, 3.05) is 53.9 Å². The maximum Gasteiger partial charge on any atom is 0.193 e. The number of guanidine groups is 1. The fraction of sp³-hybridized carbons (Fsp3) is 0.579. The lowest BCUT2D eigenvalue weighted by atomic mass is 10.1. The zero-order chi connectivity index (χ0) is 20.1. The van der Waals surface area contributed by atoms with Crippen LogP contribution in [-0.2, 0) is 13.6 Å². The molecule has 7 nitrogen and oxygen atoms in total. The second-order valence-electron chi connectivity index (χ2n) is 7.32. The Morgan fingerprint density at radius 2 is 2.07 bits per heavy atom. The highest BCUT2D eigenvalue weighted by molar-refractivity contribution is 7.16. The number of halogens is 1. The van der Waals surface area contributed by atoms with Crippen LogP contribution in [0.3, 0.4) is 0 Å². The number of likely N-dealkylation sites (N-methyl/N-ethyl adjacent to an activating group) is 1. The summed E-state index contributed by atoms with van der Waals surface area (Å²) in [4.78, 5) is 12.9. The van der Waals surface area contributed by atoms with Crippen LogP contribution in [0.1, 0.15) is 16.5 Å². The Balaban J connectivity index is 1.51. The Morgan fingerprint density at radius 3 is 2.61 bits per heavy atom. The summed E-state index contributed by atoms with van der Waals surface area (Å²) in [5.74, 6) is 0.967. The van der Waals surface area contributed by atoms with E-state index < -0.39 is 0 Å². The molecule has 0 aliphatic carbocycles. The lowest BCUT2D eigenvalue weighted by Crippen LogP contribution is -2.53. The van der Waals surface area contributed by atoms with Crippen LogP contribution in [0, 0.1) is 0 Å². The van der Waals surface area contributed by atoms with Crippen molar-refractivity contribution in [1.82, 2.24) is 29.8 Å². The van der Waals surface area contributed by atoms with Gasteiger partial charge in [-0.3, -0.25) is 14.6 Å². The highest BCUT2D eigenvalue weighted by atomic mass is 35.5. The first-order chi connectivity index (χ1) is 13.5. The predicted molar refractivity (Wildman–Crippen MR) is 117 cm³/mol. The van der Waals surface area contributed by atoms with Crippen LogP contribution in [0.15, 0.2) is 29.5 Å². The Bertz CT molecular complexity index is 777. The summed E-state index contributed by atoms with van der Waals surface area (Å²) in [6, 6.07) is 4.35. The Kier molecular flexibility index (Phi) is 7.34. The largest absolute Gasteiger partial charge is 0.354 e. The quantitative estimate of drug-likeness (QED) is 0.569. The van der Waals surface area contributed by atoms with Crippen molar-refractivity contribution in [3.05, 3.63) is 39.3 Å². The standard InChI is InChI=1S/C19H30ClN7S/c1-21-19(22-12-17(24(2)3)15-11-23-25(4)13-15)27-9-7-26(8-10-27)14-16-5-6-18(20)28-16/h5-6,11,13,17H,7-10,12,14H2,1-4H3,(H,21,22). The molecule has 1 N–H and O–H groups in total. The molecule has 0 radical (unpaired) electrons. The minimum atomic E-state index is 0.246. The average Bonchev–Trinajstić information content (AvgIpc) is 3.27. The van der Waals surface area contributed by atoms with Crippen molar-refractivity contribution in [2.45, 2.75) is 12.6 Å². The average molecular weight is 424 g/mol. The monoisotopic (exact) mass is 423 g/mol. The van der Waals surface area contributed by atoms with Gasteiger partial charge in [0.05, 0.1) is 16.6 Å². The SMILES string of the molecule is CN=C(NCC(c1cnn(C)c1)N(C)C)N1CCN(Cc2ccc(Cl)s2)CC1. The Labute approximate surface area is 176 Å². The van der Waals surface area contributed by atoms with Crippen LogP contribution in [0.25, 0.3) is 0 Å². The number of thiophene rings is 1. The fourth-order valence-electron chi connectivity index (χ4n) is 3.51. The van der Waals surface area contributed by atoms with E-state index in [9.17, 15) is 0 Å². The highest BCUT2D eigenvalue weighted by Crippen LogP contribution is 2.23. The van der Waals surface area contributed by atoms with E-state index in [2.05, 4.69) is 56.5 Å². The molecule has 1 fully saturated rings. The molecule has 1 aliphatic heterocycles. The third-order valence-corrected chi connectivity index (χ3v) is 6.29. The van der Waals surface area contributed by atoms with E-state index in [1.165, 1.54) is 10.4 Å². The summed E-state index contributed by atoms with van der Waals surface area (Å²) in [7, 11) is 8.00. The van der Waals surface area contributed by atoms with Gasteiger partial charge in [0.25, 0.3) is 0 Å². The molecule has 9 heteroatoms. The molecule has 154 valence electrons. The van der Waals surface area contributed by atoms with E-state index in [0.717, 1.165) is 49.6 Å². The van der Waals surface area contributed by atoms with Crippen LogP contribution in [0.2, 0.25) is 4.34 Å². The smallest absolute Gasteiger partial charge is 0.193 e. The molecule has 0 amide bonds. The van der Waals surface area contributed by atoms with Gasteiger partial charge < -0.3 is 15.1 Å². The van der Waals surface area contributed by atoms with Crippen LogP contribution >= 0.6 is 22.9 Å². The van der Waals surface area contributed by atoms with Crippen molar-refractivity contribution in [3.63, 3.8) is 0 Å². The molecule has 1 aliphatic rings. The number of aliphatic imine (C=N–C) groups is 1. The molecule has 1 atom stereocenters. The molecule has 3 heterocycles. The third-order valence-electron chi connectivity index (χ3n) is 5.08. The van der Waals surface area contributed by atoms with Crippen molar-refractivity contribution < 1.29 is 0 Å². The normalized spacial score (nSPS) is 17.4. The highest BCUT2D eigenvalue weighted by Gasteiger charge is 2.22. The first kappa shape index (κ1) is 21.1. The fourth-order valence-corrected chi connectivity index (χ4v) is 4.64. The van der Waals surface area contributed by atoms with E-state index >= 15 is 0 Å². The molecule has 3 rings (SSSR count). The zero-order valence-corrected chi connectivity index (χ0v) is 18.7. The van der Waals surface area contributed by atoms with Crippen molar-refractivity contribution in [3.8, 4) is 0 Å². The number of hydrogen-bond acceptors (Lipinski definition) is 5. The molecule has 2 aromatic heterocycles. The van der Waals surface area contributed by atoms with Gasteiger partial charge in [-0.2, -0.15) is 5.10 Å². The first-order valence-electron chi connectivity index (χ1n) is 9.53.